The molecule has 0 amide bonds. The van der Waals surface area contributed by atoms with Crippen molar-refractivity contribution in [3.05, 3.63) is 62.1 Å². The van der Waals surface area contributed by atoms with Crippen LogP contribution in [0.15, 0.2) is 30.3 Å². The highest BCUT2D eigenvalue weighted by Gasteiger charge is 2.66. The van der Waals surface area contributed by atoms with E-state index in [1.807, 2.05) is 0 Å². The van der Waals surface area contributed by atoms with E-state index in [-0.39, 0.29) is 15.4 Å². The van der Waals surface area contributed by atoms with Gasteiger partial charge in [-0.05, 0) is 35.9 Å². The molecular weight excluding hydrogens is 533 g/mol. The Hall–Kier alpha value is -1.91. The van der Waals surface area contributed by atoms with Crippen LogP contribution in [-0.4, -0.2) is 21.1 Å². The lowest BCUT2D eigenvalue weighted by molar-refractivity contribution is -0.243. The van der Waals surface area contributed by atoms with Crippen molar-refractivity contribution in [2.24, 2.45) is 0 Å². The lowest BCUT2D eigenvalue weighted by Gasteiger charge is -2.29. The van der Waals surface area contributed by atoms with Crippen LogP contribution in [0.25, 0.3) is 0 Å². The van der Waals surface area contributed by atoms with Crippen LogP contribution in [0.4, 0.5) is 32.0 Å². The highest BCUT2D eigenvalue weighted by molar-refractivity contribution is 7.88. The van der Waals surface area contributed by atoms with Gasteiger partial charge in [-0.15, -0.1) is 0 Å². The molecule has 15 heteroatoms. The van der Waals surface area contributed by atoms with Crippen molar-refractivity contribution in [3.8, 4) is 6.07 Å². The summed E-state index contributed by atoms with van der Waals surface area (Å²) in [6.07, 6.45) is -10.5. The van der Waals surface area contributed by atoms with Gasteiger partial charge in [0.25, 0.3) is 0 Å². The molecule has 172 valence electrons. The molecule has 1 aliphatic heterocycles. The van der Waals surface area contributed by atoms with E-state index in [4.69, 9.17) is 40.1 Å². The van der Waals surface area contributed by atoms with Crippen molar-refractivity contribution < 1.29 is 38.9 Å². The molecule has 5 nitrogen and oxygen atoms in total. The summed E-state index contributed by atoms with van der Waals surface area (Å²) in [4.78, 5) is 0. The number of nitriles is 1. The van der Waals surface area contributed by atoms with Crippen molar-refractivity contribution >= 4 is 50.8 Å². The first-order valence-electron chi connectivity index (χ1n) is 8.10. The molecule has 0 spiro atoms. The SMILES string of the molecule is N#Cc1ccc(N2C[C@@](c3cc(Cl)c(Cl)c(Cl)c3)(C(F)(F)F)OS2(=O)=O)cc1C(F)(F)F. The Morgan fingerprint density at radius 3 is 2.06 bits per heavy atom. The molecule has 0 bridgehead atoms. The third-order valence-corrected chi connectivity index (χ3v) is 7.08. The molecule has 1 atom stereocenters. The number of hydrogen-bond donors (Lipinski definition) is 0. The summed E-state index contributed by atoms with van der Waals surface area (Å²) >= 11 is 17.3. The Balaban J connectivity index is 2.22. The Morgan fingerprint density at radius 1 is 1.03 bits per heavy atom. The monoisotopic (exact) mass is 538 g/mol. The fourth-order valence-corrected chi connectivity index (χ4v) is 5.00. The molecule has 0 aromatic heterocycles. The summed E-state index contributed by atoms with van der Waals surface area (Å²) in [5, 5.41) is 7.69. The zero-order valence-electron chi connectivity index (χ0n) is 15.0. The second-order valence-electron chi connectivity index (χ2n) is 6.47. The van der Waals surface area contributed by atoms with E-state index in [1.165, 1.54) is 6.07 Å². The normalized spacial score (nSPS) is 20.9. The Morgan fingerprint density at radius 2 is 1.59 bits per heavy atom. The quantitative estimate of drug-likeness (QED) is 0.343. The lowest BCUT2D eigenvalue weighted by Crippen LogP contribution is -2.46. The molecule has 0 N–H and O–H groups in total. The molecule has 0 radical (unpaired) electrons. The van der Waals surface area contributed by atoms with Crippen LogP contribution >= 0.6 is 34.8 Å². The molecule has 0 unspecified atom stereocenters. The molecule has 0 saturated carbocycles. The number of rotatable bonds is 2. The van der Waals surface area contributed by atoms with Crippen LogP contribution in [0, 0.1) is 11.3 Å². The molecule has 1 saturated heterocycles. The number of benzene rings is 2. The minimum Gasteiger partial charge on any atom is -0.244 e. The molecule has 32 heavy (non-hydrogen) atoms. The average Bonchev–Trinajstić information content (AvgIpc) is 2.97. The second kappa shape index (κ2) is 7.85. The standard InChI is InChI=1S/C17H7Cl3F6N2O3S/c18-12-3-9(4-13(19)14(12)20)15(17(24,25)26)7-28(32(29,30)31-15)10-2-1-8(6-27)11(5-10)16(21,22)23/h1-5H,7H2/t15-/m1/s1. The number of anilines is 1. The van der Waals surface area contributed by atoms with Gasteiger partial charge in [0, 0.05) is 0 Å². The second-order valence-corrected chi connectivity index (χ2v) is 9.12. The zero-order chi connectivity index (χ0) is 24.3. The Labute approximate surface area is 191 Å². The third kappa shape index (κ3) is 4.08. The summed E-state index contributed by atoms with van der Waals surface area (Å²) in [5.41, 5.74) is -7.57. The van der Waals surface area contributed by atoms with Crippen molar-refractivity contribution in [2.75, 3.05) is 10.8 Å². The molecule has 1 aliphatic rings. The van der Waals surface area contributed by atoms with E-state index in [1.54, 1.807) is 0 Å². The lowest BCUT2D eigenvalue weighted by atomic mass is 9.92. The van der Waals surface area contributed by atoms with Gasteiger partial charge in [-0.2, -0.15) is 40.0 Å². The fraction of sp³-hybridized carbons (Fsp3) is 0.235. The molecule has 1 fully saturated rings. The predicted molar refractivity (Wildman–Crippen MR) is 103 cm³/mol. The van der Waals surface area contributed by atoms with Crippen LogP contribution in [0.5, 0.6) is 0 Å². The predicted octanol–water partition coefficient (Wildman–Crippen LogP) is 6.08. The Bertz CT molecular complexity index is 1220. The van der Waals surface area contributed by atoms with Crippen LogP contribution < -0.4 is 4.31 Å². The number of hydrogen-bond acceptors (Lipinski definition) is 4. The van der Waals surface area contributed by atoms with Crippen LogP contribution in [0.3, 0.4) is 0 Å². The van der Waals surface area contributed by atoms with Gasteiger partial charge in [-0.1, -0.05) is 34.8 Å². The first-order chi connectivity index (χ1) is 14.5. The first-order valence-corrected chi connectivity index (χ1v) is 10.6. The van der Waals surface area contributed by atoms with E-state index >= 15 is 0 Å². The maximum atomic E-state index is 14.1. The number of halogens is 9. The number of nitrogens with zero attached hydrogens (tertiary/aromatic N) is 2. The minimum absolute atomic E-state index is 0.00724. The van der Waals surface area contributed by atoms with Gasteiger partial charge in [0.05, 0.1) is 44.5 Å². The van der Waals surface area contributed by atoms with E-state index in [2.05, 4.69) is 4.18 Å². The molecule has 2 aromatic carbocycles. The first kappa shape index (κ1) is 24.7. The van der Waals surface area contributed by atoms with Gasteiger partial charge in [0.15, 0.2) is 0 Å². The maximum absolute atomic E-state index is 14.1. The summed E-state index contributed by atoms with van der Waals surface area (Å²) in [5.74, 6) is 0. The van der Waals surface area contributed by atoms with E-state index in [9.17, 15) is 34.8 Å². The zero-order valence-corrected chi connectivity index (χ0v) is 18.1. The van der Waals surface area contributed by atoms with Gasteiger partial charge in [0.1, 0.15) is 0 Å². The summed E-state index contributed by atoms with van der Waals surface area (Å²) in [7, 11) is -5.25. The largest absolute Gasteiger partial charge is 0.425 e. The topological polar surface area (TPSA) is 70.4 Å². The van der Waals surface area contributed by atoms with Crippen LogP contribution in [0.1, 0.15) is 16.7 Å². The van der Waals surface area contributed by atoms with Crippen molar-refractivity contribution in [2.45, 2.75) is 18.0 Å². The van der Waals surface area contributed by atoms with Crippen LogP contribution in [-0.2, 0) is 26.3 Å². The molecule has 2 aromatic rings. The number of alkyl halides is 6. The summed E-state index contributed by atoms with van der Waals surface area (Å²) in [6.45, 7) is -1.49. The minimum atomic E-state index is -5.38. The van der Waals surface area contributed by atoms with Gasteiger partial charge in [-0.3, -0.25) is 0 Å². The van der Waals surface area contributed by atoms with Crippen molar-refractivity contribution in [1.29, 1.82) is 5.26 Å². The van der Waals surface area contributed by atoms with E-state index in [0.29, 0.717) is 18.2 Å². The highest BCUT2D eigenvalue weighted by atomic mass is 35.5. The van der Waals surface area contributed by atoms with E-state index in [0.717, 1.165) is 6.07 Å². The summed E-state index contributed by atoms with van der Waals surface area (Å²) < 4.78 is 112. The van der Waals surface area contributed by atoms with Crippen molar-refractivity contribution in [3.63, 3.8) is 0 Å². The van der Waals surface area contributed by atoms with Gasteiger partial charge in [-0.25, -0.2) is 8.49 Å². The summed E-state index contributed by atoms with van der Waals surface area (Å²) in [6, 6.07) is 4.31. The molecular formula is C17H7Cl3F6N2O3S. The van der Waals surface area contributed by atoms with Gasteiger partial charge >= 0.3 is 22.7 Å². The van der Waals surface area contributed by atoms with E-state index < -0.39 is 67.2 Å². The van der Waals surface area contributed by atoms with Crippen molar-refractivity contribution in [1.82, 2.24) is 0 Å². The van der Waals surface area contributed by atoms with Crippen LogP contribution in [0.2, 0.25) is 15.1 Å². The third-order valence-electron chi connectivity index (χ3n) is 4.51. The fourth-order valence-electron chi connectivity index (χ4n) is 3.00. The highest BCUT2D eigenvalue weighted by Crippen LogP contribution is 2.51. The van der Waals surface area contributed by atoms with Gasteiger partial charge < -0.3 is 0 Å². The molecule has 0 aliphatic carbocycles. The molecule has 1 heterocycles. The Kier molecular flexibility index (Phi) is 6.06. The van der Waals surface area contributed by atoms with Gasteiger partial charge in [0.2, 0.25) is 5.60 Å². The molecule has 3 rings (SSSR count). The average molecular weight is 540 g/mol. The smallest absolute Gasteiger partial charge is 0.244 e. The maximum Gasteiger partial charge on any atom is 0.425 e.